The number of H-pyrrole nitrogens is 1. The molecule has 0 fully saturated rings. The van der Waals surface area contributed by atoms with Gasteiger partial charge in [-0.2, -0.15) is 5.10 Å². The molecular formula is C10H14N4O2S. The first kappa shape index (κ1) is 13.3. The van der Waals surface area contributed by atoms with Crippen LogP contribution in [0.3, 0.4) is 0 Å². The van der Waals surface area contributed by atoms with Gasteiger partial charge in [0.1, 0.15) is 5.69 Å². The number of nitrogens with two attached hydrogens (primary N) is 1. The minimum Gasteiger partial charge on any atom is -0.392 e. The van der Waals surface area contributed by atoms with E-state index in [0.29, 0.717) is 6.54 Å². The lowest BCUT2D eigenvalue weighted by molar-refractivity contribution is 0.0773. The van der Waals surface area contributed by atoms with Gasteiger partial charge in [-0.25, -0.2) is 5.10 Å². The fourth-order valence-corrected chi connectivity index (χ4v) is 1.49. The zero-order valence-corrected chi connectivity index (χ0v) is 10.3. The van der Waals surface area contributed by atoms with Gasteiger partial charge in [0.2, 0.25) is 0 Å². The summed E-state index contributed by atoms with van der Waals surface area (Å²) < 4.78 is 0. The van der Waals surface area contributed by atoms with Crippen molar-refractivity contribution in [1.29, 1.82) is 0 Å². The summed E-state index contributed by atoms with van der Waals surface area (Å²) in [6.07, 6.45) is 0.789. The van der Waals surface area contributed by atoms with E-state index in [1.54, 1.807) is 0 Å². The zero-order chi connectivity index (χ0) is 12.8. The van der Waals surface area contributed by atoms with Gasteiger partial charge in [-0.05, 0) is 12.5 Å². The maximum Gasteiger partial charge on any atom is 0.274 e. The van der Waals surface area contributed by atoms with E-state index in [2.05, 4.69) is 10.2 Å². The lowest BCUT2D eigenvalue weighted by atomic mass is 10.3. The number of aromatic amines is 1. The summed E-state index contributed by atoms with van der Waals surface area (Å²) >= 11 is 4.78. The SMILES string of the molecule is CCCN(CC(N)=S)C(=O)c1ccc(=O)[nH]n1. The van der Waals surface area contributed by atoms with Gasteiger partial charge in [0.25, 0.3) is 11.5 Å². The molecule has 0 saturated carbocycles. The average molecular weight is 254 g/mol. The van der Waals surface area contributed by atoms with E-state index >= 15 is 0 Å². The van der Waals surface area contributed by atoms with Crippen molar-refractivity contribution < 1.29 is 4.79 Å². The van der Waals surface area contributed by atoms with Crippen molar-refractivity contribution in [2.24, 2.45) is 5.73 Å². The second-order valence-corrected chi connectivity index (χ2v) is 4.02. The van der Waals surface area contributed by atoms with Crippen molar-refractivity contribution in [3.05, 3.63) is 28.2 Å². The van der Waals surface area contributed by atoms with Gasteiger partial charge in [0, 0.05) is 12.6 Å². The molecule has 3 N–H and O–H groups in total. The lowest BCUT2D eigenvalue weighted by Crippen LogP contribution is -2.38. The summed E-state index contributed by atoms with van der Waals surface area (Å²) in [5.41, 5.74) is 5.25. The molecule has 0 aromatic carbocycles. The van der Waals surface area contributed by atoms with Crippen molar-refractivity contribution in [3.63, 3.8) is 0 Å². The van der Waals surface area contributed by atoms with Crippen molar-refractivity contribution in [2.45, 2.75) is 13.3 Å². The van der Waals surface area contributed by atoms with Crippen molar-refractivity contribution >= 4 is 23.1 Å². The fraction of sp³-hybridized carbons (Fsp3) is 0.400. The summed E-state index contributed by atoms with van der Waals surface area (Å²) in [5.74, 6) is -0.295. The van der Waals surface area contributed by atoms with Crippen LogP contribution in [0.25, 0.3) is 0 Å². The Bertz CT molecular complexity index is 451. The monoisotopic (exact) mass is 254 g/mol. The molecule has 0 spiro atoms. The second kappa shape index (κ2) is 6.09. The van der Waals surface area contributed by atoms with Gasteiger partial charge >= 0.3 is 0 Å². The third kappa shape index (κ3) is 3.95. The molecule has 0 bridgehead atoms. The Kier molecular flexibility index (Phi) is 4.77. The molecule has 7 heteroatoms. The molecule has 0 aliphatic heterocycles. The highest BCUT2D eigenvalue weighted by Gasteiger charge is 2.16. The molecule has 0 radical (unpaired) electrons. The van der Waals surface area contributed by atoms with Gasteiger partial charge in [-0.3, -0.25) is 9.59 Å². The molecule has 0 aliphatic carbocycles. The number of hydrogen-bond donors (Lipinski definition) is 2. The van der Waals surface area contributed by atoms with Crippen molar-refractivity contribution in [1.82, 2.24) is 15.1 Å². The van der Waals surface area contributed by atoms with Gasteiger partial charge in [0.05, 0.1) is 11.5 Å². The van der Waals surface area contributed by atoms with Gasteiger partial charge in [-0.1, -0.05) is 19.1 Å². The average Bonchev–Trinajstić information content (AvgIpc) is 2.28. The first-order valence-corrected chi connectivity index (χ1v) is 5.58. The number of carbonyl (C=O) groups excluding carboxylic acids is 1. The Morgan fingerprint density at radius 2 is 2.29 bits per heavy atom. The van der Waals surface area contributed by atoms with Crippen LogP contribution in [-0.2, 0) is 0 Å². The van der Waals surface area contributed by atoms with Gasteiger partial charge in [0.15, 0.2) is 0 Å². The summed E-state index contributed by atoms with van der Waals surface area (Å²) in [5, 5.41) is 5.89. The molecule has 1 rings (SSSR count). The predicted octanol–water partition coefficient (Wildman–Crippen LogP) is -0.0918. The second-order valence-electron chi connectivity index (χ2n) is 3.50. The number of nitrogens with one attached hydrogen (secondary N) is 1. The van der Waals surface area contributed by atoms with Crippen molar-refractivity contribution in [2.75, 3.05) is 13.1 Å². The van der Waals surface area contributed by atoms with Gasteiger partial charge in [-0.15, -0.1) is 0 Å². The first-order valence-electron chi connectivity index (χ1n) is 5.18. The Hall–Kier alpha value is -1.76. The molecule has 0 saturated heterocycles. The van der Waals surface area contributed by atoms with E-state index in [1.807, 2.05) is 6.92 Å². The molecule has 1 amide bonds. The number of thiocarbonyl (C=S) groups is 1. The molecule has 0 unspecified atom stereocenters. The minimum absolute atomic E-state index is 0.175. The van der Waals surface area contributed by atoms with Crippen LogP contribution in [0, 0.1) is 0 Å². The normalized spacial score (nSPS) is 9.94. The molecule has 0 aliphatic rings. The topological polar surface area (TPSA) is 92.1 Å². The van der Waals surface area contributed by atoms with Crippen LogP contribution in [0.15, 0.2) is 16.9 Å². The van der Waals surface area contributed by atoms with Crippen LogP contribution in [-0.4, -0.2) is 39.1 Å². The Morgan fingerprint density at radius 1 is 1.59 bits per heavy atom. The number of carbonyl (C=O) groups is 1. The zero-order valence-electron chi connectivity index (χ0n) is 9.47. The summed E-state index contributed by atoms with van der Waals surface area (Å²) in [6.45, 7) is 2.69. The molecule has 1 heterocycles. The largest absolute Gasteiger partial charge is 0.392 e. The Balaban J connectivity index is 2.86. The fourth-order valence-electron chi connectivity index (χ4n) is 1.34. The highest BCUT2D eigenvalue weighted by molar-refractivity contribution is 7.80. The first-order chi connectivity index (χ1) is 8.04. The summed E-state index contributed by atoms with van der Waals surface area (Å²) in [7, 11) is 0. The van der Waals surface area contributed by atoms with Crippen LogP contribution < -0.4 is 11.3 Å². The highest BCUT2D eigenvalue weighted by Crippen LogP contribution is 2.00. The standard InChI is InChI=1S/C10H14N4O2S/c1-2-5-14(6-8(11)17)10(16)7-3-4-9(15)13-12-7/h3-4H,2,5-6H2,1H3,(H2,11,17)(H,13,15). The number of amides is 1. The molecule has 0 atom stereocenters. The number of aromatic nitrogens is 2. The molecule has 17 heavy (non-hydrogen) atoms. The van der Waals surface area contributed by atoms with Crippen LogP contribution in [0.2, 0.25) is 0 Å². The molecular weight excluding hydrogens is 240 g/mol. The van der Waals surface area contributed by atoms with Crippen molar-refractivity contribution in [3.8, 4) is 0 Å². The van der Waals surface area contributed by atoms with Crippen LogP contribution in [0.1, 0.15) is 23.8 Å². The number of nitrogens with zero attached hydrogens (tertiary/aromatic N) is 2. The Labute approximate surface area is 104 Å². The predicted molar refractivity (Wildman–Crippen MR) is 67.8 cm³/mol. The van der Waals surface area contributed by atoms with Crippen LogP contribution >= 0.6 is 12.2 Å². The summed E-state index contributed by atoms with van der Waals surface area (Å²) in [4.78, 5) is 24.6. The lowest BCUT2D eigenvalue weighted by Gasteiger charge is -2.20. The number of rotatable bonds is 5. The van der Waals surface area contributed by atoms with Crippen LogP contribution in [0.4, 0.5) is 0 Å². The van der Waals surface area contributed by atoms with E-state index < -0.39 is 0 Å². The quantitative estimate of drug-likeness (QED) is 0.716. The van der Waals surface area contributed by atoms with E-state index in [-0.39, 0.29) is 28.7 Å². The third-order valence-corrected chi connectivity index (χ3v) is 2.15. The maximum absolute atomic E-state index is 12.0. The minimum atomic E-state index is -0.349. The van der Waals surface area contributed by atoms with Gasteiger partial charge < -0.3 is 10.6 Å². The molecule has 1 aromatic rings. The molecule has 92 valence electrons. The van der Waals surface area contributed by atoms with E-state index in [9.17, 15) is 9.59 Å². The molecule has 6 nitrogen and oxygen atoms in total. The van der Waals surface area contributed by atoms with E-state index in [1.165, 1.54) is 17.0 Å². The van der Waals surface area contributed by atoms with E-state index in [4.69, 9.17) is 18.0 Å². The molecule has 1 aromatic heterocycles. The third-order valence-electron chi connectivity index (χ3n) is 2.03. The van der Waals surface area contributed by atoms with Crippen LogP contribution in [0.5, 0.6) is 0 Å². The highest BCUT2D eigenvalue weighted by atomic mass is 32.1. The maximum atomic E-state index is 12.0. The smallest absolute Gasteiger partial charge is 0.274 e. The Morgan fingerprint density at radius 3 is 2.76 bits per heavy atom. The van der Waals surface area contributed by atoms with E-state index in [0.717, 1.165) is 6.42 Å². The number of hydrogen-bond acceptors (Lipinski definition) is 4. The summed E-state index contributed by atoms with van der Waals surface area (Å²) in [6, 6.07) is 2.63.